The van der Waals surface area contributed by atoms with E-state index in [1.165, 1.54) is 13.8 Å². The third-order valence-electron chi connectivity index (χ3n) is 0.257. The van der Waals surface area contributed by atoms with Crippen LogP contribution in [0.4, 0.5) is 0 Å². The van der Waals surface area contributed by atoms with Crippen molar-refractivity contribution in [2.45, 2.75) is 0 Å². The maximum absolute atomic E-state index is 9.74. The van der Waals surface area contributed by atoms with Crippen molar-refractivity contribution in [3.8, 4) is 0 Å². The van der Waals surface area contributed by atoms with Crippen molar-refractivity contribution in [1.29, 1.82) is 0 Å². The Hall–Kier alpha value is 0.683. The van der Waals surface area contributed by atoms with Crippen molar-refractivity contribution >= 4 is 8.03 Å². The molecule has 0 aromatic carbocycles. The van der Waals surface area contributed by atoms with Crippen LogP contribution in [0.1, 0.15) is 0 Å². The van der Waals surface area contributed by atoms with E-state index < -0.39 is 8.03 Å². The normalized spacial score (nSPS) is 9.33. The minimum atomic E-state index is -1.35. The van der Waals surface area contributed by atoms with Crippen molar-refractivity contribution in [3.05, 3.63) is 0 Å². The molecule has 0 aliphatic heterocycles. The largest absolute Gasteiger partial charge is 0.504 e. The summed E-state index contributed by atoms with van der Waals surface area (Å²) >= 11 is 0. The Morgan fingerprint density at radius 2 is 1.83 bits per heavy atom. The predicted molar refractivity (Wildman–Crippen MR) is 20.5 cm³/mol. The molecular formula is C2H6O2PZn+. The number of hydrogen-bond donors (Lipinski definition) is 0. The first-order valence-electron chi connectivity index (χ1n) is 1.22. The van der Waals surface area contributed by atoms with Gasteiger partial charge in [0.05, 0.1) is 7.11 Å². The van der Waals surface area contributed by atoms with Gasteiger partial charge >= 0.3 is 8.03 Å². The molecule has 0 rings (SSSR count). The summed E-state index contributed by atoms with van der Waals surface area (Å²) < 4.78 is 14.0. The minimum absolute atomic E-state index is 0. The molecule has 0 radical (unpaired) electrons. The Labute approximate surface area is 50.9 Å². The Bertz CT molecular complexity index is 46.8. The zero-order chi connectivity index (χ0) is 4.28. The summed E-state index contributed by atoms with van der Waals surface area (Å²) in [4.78, 5) is 0. The summed E-state index contributed by atoms with van der Waals surface area (Å²) in [7, 11) is 0.0671. The molecule has 32 valence electrons. The molecule has 0 aliphatic rings. The van der Waals surface area contributed by atoms with Gasteiger partial charge in [-0.05, 0) is 4.57 Å². The molecule has 0 spiro atoms. The average Bonchev–Trinajstić information content (AvgIpc) is 1.38. The van der Waals surface area contributed by atoms with Crippen LogP contribution in [-0.2, 0) is 28.6 Å². The SMILES string of the molecule is CO[P+](C)=O.[Zn]. The van der Waals surface area contributed by atoms with E-state index in [2.05, 4.69) is 4.52 Å². The quantitative estimate of drug-likeness (QED) is 0.420. The molecule has 0 fully saturated rings. The monoisotopic (exact) mass is 157 g/mol. The van der Waals surface area contributed by atoms with Crippen LogP contribution in [0.25, 0.3) is 0 Å². The van der Waals surface area contributed by atoms with E-state index in [0.29, 0.717) is 0 Å². The summed E-state index contributed by atoms with van der Waals surface area (Å²) in [6, 6.07) is 0. The molecule has 0 saturated heterocycles. The second-order valence-electron chi connectivity index (χ2n) is 0.622. The third-order valence-corrected chi connectivity index (χ3v) is 0.771. The smallest absolute Gasteiger partial charge is 0.150 e. The topological polar surface area (TPSA) is 26.3 Å². The van der Waals surface area contributed by atoms with Crippen LogP contribution in [0.15, 0.2) is 0 Å². The standard InChI is InChI=1S/C2H6O2P.Zn/c1-4-5(2)3;/h1-2H3;/q+1;. The summed E-state index contributed by atoms with van der Waals surface area (Å²) in [5, 5.41) is 0. The predicted octanol–water partition coefficient (Wildman–Crippen LogP) is 1.00. The molecule has 0 bridgehead atoms. The van der Waals surface area contributed by atoms with Crippen LogP contribution < -0.4 is 0 Å². The van der Waals surface area contributed by atoms with Gasteiger partial charge in [0.2, 0.25) is 0 Å². The van der Waals surface area contributed by atoms with E-state index in [1.807, 2.05) is 0 Å². The molecule has 2 nitrogen and oxygen atoms in total. The Morgan fingerprint density at radius 3 is 1.83 bits per heavy atom. The van der Waals surface area contributed by atoms with E-state index >= 15 is 0 Å². The summed E-state index contributed by atoms with van der Waals surface area (Å²) in [5.74, 6) is 0. The van der Waals surface area contributed by atoms with Gasteiger partial charge in [0.15, 0.2) is 6.66 Å². The first-order chi connectivity index (χ1) is 2.27. The molecule has 1 unspecified atom stereocenters. The van der Waals surface area contributed by atoms with Gasteiger partial charge in [0, 0.05) is 19.5 Å². The molecule has 1 atom stereocenters. The van der Waals surface area contributed by atoms with Gasteiger partial charge in [0.25, 0.3) is 0 Å². The van der Waals surface area contributed by atoms with Crippen molar-refractivity contribution < 1.29 is 28.6 Å². The molecule has 0 saturated carbocycles. The van der Waals surface area contributed by atoms with E-state index in [0.717, 1.165) is 0 Å². The summed E-state index contributed by atoms with van der Waals surface area (Å²) in [6.45, 7) is 1.51. The minimum Gasteiger partial charge on any atom is -0.150 e. The van der Waals surface area contributed by atoms with E-state index in [-0.39, 0.29) is 19.5 Å². The van der Waals surface area contributed by atoms with Gasteiger partial charge in [-0.2, -0.15) is 0 Å². The van der Waals surface area contributed by atoms with Crippen LogP contribution in [0, 0.1) is 0 Å². The van der Waals surface area contributed by atoms with Crippen LogP contribution in [0.3, 0.4) is 0 Å². The Kier molecular flexibility index (Phi) is 9.32. The van der Waals surface area contributed by atoms with Gasteiger partial charge in [0.1, 0.15) is 0 Å². The first-order valence-corrected chi connectivity index (χ1v) is 2.85. The molecule has 4 heteroatoms. The second kappa shape index (κ2) is 5.68. The molecular weight excluding hydrogens is 152 g/mol. The maximum atomic E-state index is 9.74. The van der Waals surface area contributed by atoms with Crippen molar-refractivity contribution in [1.82, 2.24) is 0 Å². The second-order valence-corrected chi connectivity index (χ2v) is 1.87. The van der Waals surface area contributed by atoms with Crippen LogP contribution in [0.5, 0.6) is 0 Å². The zero-order valence-corrected chi connectivity index (χ0v) is 7.83. The van der Waals surface area contributed by atoms with Crippen molar-refractivity contribution in [2.75, 3.05) is 13.8 Å². The van der Waals surface area contributed by atoms with Gasteiger partial charge in [-0.1, -0.05) is 0 Å². The first kappa shape index (κ1) is 9.84. The number of rotatable bonds is 1. The molecule has 0 aromatic heterocycles. The summed E-state index contributed by atoms with van der Waals surface area (Å²) in [6.07, 6.45) is 0. The van der Waals surface area contributed by atoms with E-state index in [4.69, 9.17) is 0 Å². The molecule has 0 heterocycles. The Morgan fingerprint density at radius 1 is 1.67 bits per heavy atom. The molecule has 0 aromatic rings. The van der Waals surface area contributed by atoms with E-state index in [9.17, 15) is 4.57 Å². The van der Waals surface area contributed by atoms with Gasteiger partial charge in [-0.25, -0.2) is 0 Å². The Balaban J connectivity index is 0. The fourth-order valence-electron chi connectivity index (χ4n) is 0. The van der Waals surface area contributed by atoms with Crippen molar-refractivity contribution in [2.24, 2.45) is 0 Å². The van der Waals surface area contributed by atoms with Crippen molar-refractivity contribution in [3.63, 3.8) is 0 Å². The average molecular weight is 158 g/mol. The molecule has 6 heavy (non-hydrogen) atoms. The fraction of sp³-hybridized carbons (Fsp3) is 1.00. The summed E-state index contributed by atoms with van der Waals surface area (Å²) in [5.41, 5.74) is 0. The van der Waals surface area contributed by atoms with Gasteiger partial charge < -0.3 is 0 Å². The third kappa shape index (κ3) is 8.82. The van der Waals surface area contributed by atoms with Crippen LogP contribution in [0.2, 0.25) is 0 Å². The van der Waals surface area contributed by atoms with E-state index in [1.54, 1.807) is 0 Å². The molecule has 0 N–H and O–H groups in total. The number of hydrogen-bond acceptors (Lipinski definition) is 2. The zero-order valence-electron chi connectivity index (χ0n) is 3.97. The molecule has 0 amide bonds. The van der Waals surface area contributed by atoms with Gasteiger partial charge in [-0.3, -0.25) is 0 Å². The fourth-order valence-corrected chi connectivity index (χ4v) is 0. The van der Waals surface area contributed by atoms with Gasteiger partial charge in [-0.15, -0.1) is 4.52 Å². The van der Waals surface area contributed by atoms with Crippen LogP contribution in [-0.4, -0.2) is 13.8 Å². The molecule has 0 aliphatic carbocycles. The maximum Gasteiger partial charge on any atom is 0.504 e. The van der Waals surface area contributed by atoms with Crippen LogP contribution >= 0.6 is 8.03 Å².